The van der Waals surface area contributed by atoms with Gasteiger partial charge in [0.05, 0.1) is 18.8 Å². The molecule has 0 aliphatic carbocycles. The molecule has 0 spiro atoms. The number of aromatic nitrogens is 2. The topological polar surface area (TPSA) is 147 Å². The largest absolute Gasteiger partial charge is 0.486 e. The molecule has 3 rings (SSSR count). The summed E-state index contributed by atoms with van der Waals surface area (Å²) in [5.74, 6) is 4.74. The fraction of sp³-hybridized carbons (Fsp3) is 0.621. The molecular weight excluding hydrogens is 544 g/mol. The van der Waals surface area contributed by atoms with Crippen LogP contribution in [0.15, 0.2) is 30.6 Å². The number of ether oxygens (including phenoxy) is 2. The van der Waals surface area contributed by atoms with E-state index in [2.05, 4.69) is 44.3 Å². The summed E-state index contributed by atoms with van der Waals surface area (Å²) in [4.78, 5) is 28.9. The maximum atomic E-state index is 12.4. The van der Waals surface area contributed by atoms with Crippen molar-refractivity contribution in [1.82, 2.24) is 15.1 Å². The summed E-state index contributed by atoms with van der Waals surface area (Å²) in [7, 11) is -2.14. The van der Waals surface area contributed by atoms with E-state index in [1.54, 1.807) is 6.20 Å². The molecule has 0 saturated carbocycles. The van der Waals surface area contributed by atoms with Gasteiger partial charge in [0.1, 0.15) is 17.5 Å². The quantitative estimate of drug-likeness (QED) is 0.260. The normalized spacial score (nSPS) is 18.0. The van der Waals surface area contributed by atoms with Gasteiger partial charge < -0.3 is 24.3 Å². The Morgan fingerprint density at radius 2 is 1.88 bits per heavy atom. The monoisotopic (exact) mass is 590 g/mol. The van der Waals surface area contributed by atoms with Crippen molar-refractivity contribution in [1.29, 1.82) is 0 Å². The van der Waals surface area contributed by atoms with E-state index in [9.17, 15) is 14.7 Å². The highest BCUT2D eigenvalue weighted by Crippen LogP contribution is 2.38. The van der Waals surface area contributed by atoms with E-state index in [1.807, 2.05) is 49.8 Å². The number of carboxylic acid groups (broad SMARTS) is 1. The number of fused-ring (bicyclic) bond motifs is 1. The molecule has 2 heterocycles. The summed E-state index contributed by atoms with van der Waals surface area (Å²) in [6.07, 6.45) is 3.31. The number of carbonyl (C=O) groups excluding carboxylic acids is 1. The molecular formula is C29H46N4O7Si. The molecule has 1 aromatic carbocycles. The second-order valence-corrected chi connectivity index (χ2v) is 18.1. The first-order valence-electron chi connectivity index (χ1n) is 13.9. The molecule has 0 fully saturated rings. The van der Waals surface area contributed by atoms with Crippen molar-refractivity contribution in [2.75, 3.05) is 6.54 Å². The number of nitrogens with two attached hydrogens (primary N) is 1. The van der Waals surface area contributed by atoms with E-state index in [-0.39, 0.29) is 17.7 Å². The summed E-state index contributed by atoms with van der Waals surface area (Å²) in [5, 5.41) is 17.0. The molecule has 2 aromatic rings. The molecule has 0 bridgehead atoms. The second kappa shape index (κ2) is 12.1. The van der Waals surface area contributed by atoms with Gasteiger partial charge in [0.15, 0.2) is 8.32 Å². The van der Waals surface area contributed by atoms with Gasteiger partial charge >= 0.3 is 12.1 Å². The number of benzene rings is 1. The van der Waals surface area contributed by atoms with E-state index >= 15 is 0 Å². The van der Waals surface area contributed by atoms with Crippen molar-refractivity contribution in [2.24, 2.45) is 5.90 Å². The lowest BCUT2D eigenvalue weighted by atomic mass is 9.90. The smallest absolute Gasteiger partial charge is 0.407 e. The fourth-order valence-electron chi connectivity index (χ4n) is 4.29. The van der Waals surface area contributed by atoms with Crippen LogP contribution in [0.25, 0.3) is 11.1 Å². The van der Waals surface area contributed by atoms with Crippen LogP contribution in [0.5, 0.6) is 5.75 Å². The molecule has 1 aliphatic heterocycles. The van der Waals surface area contributed by atoms with Crippen molar-refractivity contribution in [3.63, 3.8) is 0 Å². The lowest BCUT2D eigenvalue weighted by molar-refractivity contribution is -0.179. The van der Waals surface area contributed by atoms with Gasteiger partial charge in [-0.25, -0.2) is 15.5 Å². The van der Waals surface area contributed by atoms with Gasteiger partial charge in [-0.1, -0.05) is 26.8 Å². The van der Waals surface area contributed by atoms with Crippen molar-refractivity contribution >= 4 is 20.4 Å². The molecule has 2 unspecified atom stereocenters. The third kappa shape index (κ3) is 8.09. The summed E-state index contributed by atoms with van der Waals surface area (Å²) in [6.45, 7) is 18.5. The Labute approximate surface area is 243 Å². The summed E-state index contributed by atoms with van der Waals surface area (Å²) < 4.78 is 19.9. The standard InChI is InChI=1S/C29H46N4O7Si/c1-27(2,3)38-26(36)31-16-22(39-41(8,9)28(4,5)6)18-33-17-21(15-32-33)19-10-12-23-20(14-19)11-13-24(37-23)29(7,40-30)25(34)35/h10,12,14-15,17,22,24H,11,13,16,18,30H2,1-9H3,(H,31,36)(H,34,35)/t22?,24-,29?/m1/s1. The predicted octanol–water partition coefficient (Wildman–Crippen LogP) is 4.89. The van der Waals surface area contributed by atoms with Crippen LogP contribution in [0.2, 0.25) is 18.1 Å². The van der Waals surface area contributed by atoms with Crippen LogP contribution < -0.4 is 16.0 Å². The minimum Gasteiger partial charge on any atom is -0.486 e. The van der Waals surface area contributed by atoms with Crippen molar-refractivity contribution in [3.8, 4) is 16.9 Å². The second-order valence-electron chi connectivity index (χ2n) is 13.3. The van der Waals surface area contributed by atoms with Gasteiger partial charge in [0.2, 0.25) is 5.60 Å². The maximum absolute atomic E-state index is 12.4. The zero-order valence-corrected chi connectivity index (χ0v) is 26.7. The first-order valence-corrected chi connectivity index (χ1v) is 16.8. The minimum atomic E-state index is -2.14. The number of hydrogen-bond donors (Lipinski definition) is 3. The van der Waals surface area contributed by atoms with E-state index in [4.69, 9.17) is 24.6 Å². The Hall–Kier alpha value is -2.93. The average molecular weight is 591 g/mol. The Kier molecular flexibility index (Phi) is 9.63. The van der Waals surface area contributed by atoms with Gasteiger partial charge in [-0.05, 0) is 81.9 Å². The average Bonchev–Trinajstić information content (AvgIpc) is 3.32. The molecule has 41 heavy (non-hydrogen) atoms. The van der Waals surface area contributed by atoms with Gasteiger partial charge in [0.25, 0.3) is 0 Å². The summed E-state index contributed by atoms with van der Waals surface area (Å²) in [6, 6.07) is 5.78. The van der Waals surface area contributed by atoms with Crippen LogP contribution in [-0.4, -0.2) is 65.2 Å². The molecule has 4 N–H and O–H groups in total. The third-order valence-electron chi connectivity index (χ3n) is 7.79. The number of amides is 1. The van der Waals surface area contributed by atoms with E-state index < -0.39 is 37.7 Å². The molecule has 3 atom stereocenters. The number of aliphatic carboxylic acids is 1. The van der Waals surface area contributed by atoms with Gasteiger partial charge in [-0.2, -0.15) is 5.10 Å². The van der Waals surface area contributed by atoms with Crippen molar-refractivity contribution in [3.05, 3.63) is 36.2 Å². The number of carbonyl (C=O) groups is 2. The summed E-state index contributed by atoms with van der Waals surface area (Å²) in [5.41, 5.74) is 0.616. The molecule has 0 saturated heterocycles. The van der Waals surface area contributed by atoms with Crippen molar-refractivity contribution < 1.29 is 33.4 Å². The Balaban J connectivity index is 1.76. The first-order chi connectivity index (χ1) is 18.8. The van der Waals surface area contributed by atoms with Gasteiger partial charge in [-0.15, -0.1) is 0 Å². The van der Waals surface area contributed by atoms with E-state index in [1.165, 1.54) is 6.92 Å². The third-order valence-corrected chi connectivity index (χ3v) is 12.3. The Bertz CT molecular complexity index is 1230. The minimum absolute atomic E-state index is 0.00512. The number of aryl methyl sites for hydroxylation is 1. The first kappa shape index (κ1) is 32.6. The molecule has 11 nitrogen and oxygen atoms in total. The Morgan fingerprint density at radius 1 is 1.20 bits per heavy atom. The Morgan fingerprint density at radius 3 is 2.46 bits per heavy atom. The van der Waals surface area contributed by atoms with Crippen LogP contribution in [0.4, 0.5) is 4.79 Å². The number of hydrogen-bond acceptors (Lipinski definition) is 8. The maximum Gasteiger partial charge on any atom is 0.407 e. The zero-order valence-electron chi connectivity index (χ0n) is 25.7. The lowest BCUT2D eigenvalue weighted by Gasteiger charge is -2.39. The highest BCUT2D eigenvalue weighted by atomic mass is 28.4. The van der Waals surface area contributed by atoms with Gasteiger partial charge in [0, 0.05) is 18.3 Å². The molecule has 0 radical (unpaired) electrons. The van der Waals surface area contributed by atoms with E-state index in [0.717, 1.165) is 16.7 Å². The van der Waals surface area contributed by atoms with Crippen LogP contribution in [0, 0.1) is 0 Å². The molecule has 1 amide bonds. The molecule has 1 aromatic heterocycles. The van der Waals surface area contributed by atoms with Crippen LogP contribution >= 0.6 is 0 Å². The van der Waals surface area contributed by atoms with E-state index in [0.29, 0.717) is 25.1 Å². The molecule has 228 valence electrons. The van der Waals surface area contributed by atoms with Crippen LogP contribution in [0.3, 0.4) is 0 Å². The predicted molar refractivity (Wildman–Crippen MR) is 158 cm³/mol. The van der Waals surface area contributed by atoms with Gasteiger partial charge in [-0.3, -0.25) is 9.52 Å². The number of nitrogens with zero attached hydrogens (tertiary/aromatic N) is 2. The molecule has 1 aliphatic rings. The van der Waals surface area contributed by atoms with Crippen molar-refractivity contribution in [2.45, 2.75) is 109 Å². The highest BCUT2D eigenvalue weighted by molar-refractivity contribution is 6.74. The highest BCUT2D eigenvalue weighted by Gasteiger charge is 2.46. The number of rotatable bonds is 10. The number of nitrogens with one attached hydrogen (secondary N) is 1. The molecule has 12 heteroatoms. The summed E-state index contributed by atoms with van der Waals surface area (Å²) >= 11 is 0. The fourth-order valence-corrected chi connectivity index (χ4v) is 5.63. The lowest BCUT2D eigenvalue weighted by Crippen LogP contribution is -2.54. The number of alkyl carbamates (subject to hydrolysis) is 1. The van der Waals surface area contributed by atoms with Crippen LogP contribution in [-0.2, 0) is 31.8 Å². The van der Waals surface area contributed by atoms with Crippen LogP contribution in [0.1, 0.15) is 60.5 Å². The number of carboxylic acids is 1. The SMILES string of the molecule is CC(C)(C)OC(=O)NCC(Cn1cc(-c2ccc3c(c2)CC[C@H](C(C)(ON)C(=O)O)O3)cn1)O[Si](C)(C)C(C)(C)C. The zero-order chi connectivity index (χ0) is 30.8.